The Morgan fingerprint density at radius 2 is 1.96 bits per heavy atom. The Morgan fingerprint density at radius 1 is 1.04 bits per heavy atom. The molecule has 2 aromatic carbocycles. The summed E-state index contributed by atoms with van der Waals surface area (Å²) in [6.45, 7) is 0. The van der Waals surface area contributed by atoms with Crippen molar-refractivity contribution in [3.63, 3.8) is 0 Å². The molecule has 2 heterocycles. The number of ether oxygens (including phenoxy) is 1. The number of para-hydroxylation sites is 1. The van der Waals surface area contributed by atoms with Crippen molar-refractivity contribution in [3.8, 4) is 28.3 Å². The van der Waals surface area contributed by atoms with E-state index in [0.29, 0.717) is 0 Å². The Morgan fingerprint density at radius 3 is 2.78 bits per heavy atom. The van der Waals surface area contributed by atoms with Crippen LogP contribution in [0.1, 0.15) is 0 Å². The van der Waals surface area contributed by atoms with Gasteiger partial charge in [0.05, 0.1) is 24.7 Å². The van der Waals surface area contributed by atoms with Gasteiger partial charge >= 0.3 is 0 Å². The maximum atomic E-state index is 5.44. The standard InChI is InChI=1S/C19H14N3O/c1-23-18-10-6-5-9-15(18)16-11-12-19-20-13-17(22(19)21-16)14-7-3-2-4-8-14/h2-3,5-13H,1H3. The third kappa shape index (κ3) is 2.34. The van der Waals surface area contributed by atoms with Crippen LogP contribution in [-0.2, 0) is 0 Å². The van der Waals surface area contributed by atoms with Gasteiger partial charge in [-0.1, -0.05) is 30.3 Å². The molecule has 2 aromatic heterocycles. The van der Waals surface area contributed by atoms with Crippen LogP contribution in [0.4, 0.5) is 0 Å². The third-order valence-corrected chi connectivity index (χ3v) is 3.75. The Hall–Kier alpha value is -3.14. The second kappa shape index (κ2) is 5.57. The second-order valence-corrected chi connectivity index (χ2v) is 5.12. The smallest absolute Gasteiger partial charge is 0.154 e. The van der Waals surface area contributed by atoms with Gasteiger partial charge in [0, 0.05) is 11.1 Å². The summed E-state index contributed by atoms with van der Waals surface area (Å²) in [5.41, 5.74) is 4.58. The van der Waals surface area contributed by atoms with Crippen molar-refractivity contribution in [2.75, 3.05) is 7.11 Å². The summed E-state index contributed by atoms with van der Waals surface area (Å²) >= 11 is 0. The lowest BCUT2D eigenvalue weighted by Crippen LogP contribution is -1.97. The molecule has 0 unspecified atom stereocenters. The highest BCUT2D eigenvalue weighted by Crippen LogP contribution is 2.29. The summed E-state index contributed by atoms with van der Waals surface area (Å²) < 4.78 is 7.29. The van der Waals surface area contributed by atoms with Crippen molar-refractivity contribution in [1.29, 1.82) is 0 Å². The highest BCUT2D eigenvalue weighted by Gasteiger charge is 2.11. The summed E-state index contributed by atoms with van der Waals surface area (Å²) in [6, 6.07) is 22.7. The van der Waals surface area contributed by atoms with E-state index in [0.717, 1.165) is 33.9 Å². The van der Waals surface area contributed by atoms with Crippen LogP contribution < -0.4 is 4.74 Å². The van der Waals surface area contributed by atoms with E-state index >= 15 is 0 Å². The van der Waals surface area contributed by atoms with Gasteiger partial charge in [-0.2, -0.15) is 5.10 Å². The zero-order valence-corrected chi connectivity index (χ0v) is 12.6. The Kier molecular flexibility index (Phi) is 3.27. The predicted octanol–water partition coefficient (Wildman–Crippen LogP) is 3.87. The first-order valence-electron chi connectivity index (χ1n) is 7.31. The Bertz CT molecular complexity index is 961. The van der Waals surface area contributed by atoms with Crippen molar-refractivity contribution >= 4 is 5.65 Å². The van der Waals surface area contributed by atoms with Gasteiger partial charge in [-0.05, 0) is 36.4 Å². The molecule has 0 N–H and O–H groups in total. The molecule has 0 aliphatic rings. The number of nitrogens with zero attached hydrogens (tertiary/aromatic N) is 3. The minimum Gasteiger partial charge on any atom is -0.496 e. The van der Waals surface area contributed by atoms with Crippen molar-refractivity contribution in [2.24, 2.45) is 0 Å². The molecule has 0 saturated heterocycles. The molecule has 1 radical (unpaired) electrons. The van der Waals surface area contributed by atoms with E-state index in [4.69, 9.17) is 9.84 Å². The van der Waals surface area contributed by atoms with E-state index in [9.17, 15) is 0 Å². The average Bonchev–Trinajstić information content (AvgIpc) is 3.05. The molecule has 4 nitrogen and oxygen atoms in total. The van der Waals surface area contributed by atoms with Crippen LogP contribution >= 0.6 is 0 Å². The normalized spacial score (nSPS) is 10.8. The lowest BCUT2D eigenvalue weighted by Gasteiger charge is -2.08. The largest absolute Gasteiger partial charge is 0.496 e. The molecular weight excluding hydrogens is 286 g/mol. The van der Waals surface area contributed by atoms with Gasteiger partial charge in [-0.15, -0.1) is 0 Å². The zero-order chi connectivity index (χ0) is 15.6. The molecule has 0 fully saturated rings. The average molecular weight is 300 g/mol. The molecule has 23 heavy (non-hydrogen) atoms. The number of rotatable bonds is 3. The first-order chi connectivity index (χ1) is 11.4. The number of hydrogen-bond acceptors (Lipinski definition) is 3. The fourth-order valence-electron chi connectivity index (χ4n) is 2.62. The van der Waals surface area contributed by atoms with Gasteiger partial charge in [0.2, 0.25) is 0 Å². The molecule has 0 atom stereocenters. The highest BCUT2D eigenvalue weighted by molar-refractivity contribution is 5.69. The second-order valence-electron chi connectivity index (χ2n) is 5.12. The maximum Gasteiger partial charge on any atom is 0.154 e. The number of aromatic nitrogens is 3. The van der Waals surface area contributed by atoms with E-state index in [1.54, 1.807) is 7.11 Å². The lowest BCUT2D eigenvalue weighted by molar-refractivity contribution is 0.416. The molecule has 111 valence electrons. The molecule has 4 heteroatoms. The summed E-state index contributed by atoms with van der Waals surface area (Å²) in [5, 5.41) is 4.75. The molecule has 0 aliphatic heterocycles. The molecule has 4 aromatic rings. The summed E-state index contributed by atoms with van der Waals surface area (Å²) in [6.07, 6.45) is 1.83. The van der Waals surface area contributed by atoms with Crippen LogP contribution in [-0.4, -0.2) is 21.7 Å². The van der Waals surface area contributed by atoms with Crippen LogP contribution in [0.25, 0.3) is 28.2 Å². The summed E-state index contributed by atoms with van der Waals surface area (Å²) in [7, 11) is 1.67. The van der Waals surface area contributed by atoms with E-state index < -0.39 is 0 Å². The fraction of sp³-hybridized carbons (Fsp3) is 0.0526. The molecule has 0 bridgehead atoms. The topological polar surface area (TPSA) is 39.4 Å². The van der Waals surface area contributed by atoms with Gasteiger partial charge in [-0.25, -0.2) is 9.50 Å². The van der Waals surface area contributed by atoms with Crippen molar-refractivity contribution in [1.82, 2.24) is 14.6 Å². The molecular formula is C19H14N3O. The third-order valence-electron chi connectivity index (χ3n) is 3.75. The van der Waals surface area contributed by atoms with Gasteiger partial charge in [0.1, 0.15) is 5.75 Å². The van der Waals surface area contributed by atoms with Gasteiger partial charge in [-0.3, -0.25) is 0 Å². The number of methoxy groups -OCH3 is 1. The van der Waals surface area contributed by atoms with Crippen LogP contribution in [0.15, 0.2) is 66.9 Å². The molecule has 0 aliphatic carbocycles. The minimum absolute atomic E-state index is 0.800. The SMILES string of the molecule is COc1ccccc1-c1ccc2ncc(-c3c[c]ccc3)n2n1. The Balaban J connectivity index is 1.91. The maximum absolute atomic E-state index is 5.44. The minimum atomic E-state index is 0.800. The van der Waals surface area contributed by atoms with Crippen molar-refractivity contribution in [3.05, 3.63) is 72.9 Å². The van der Waals surface area contributed by atoms with Gasteiger partial charge in [0.25, 0.3) is 0 Å². The first kappa shape index (κ1) is 13.5. The van der Waals surface area contributed by atoms with E-state index in [2.05, 4.69) is 11.1 Å². The summed E-state index contributed by atoms with van der Waals surface area (Å²) in [5.74, 6) is 0.800. The van der Waals surface area contributed by atoms with Crippen LogP contribution in [0.2, 0.25) is 0 Å². The summed E-state index contributed by atoms with van der Waals surface area (Å²) in [4.78, 5) is 4.43. The number of benzene rings is 2. The molecule has 0 amide bonds. The van der Waals surface area contributed by atoms with Gasteiger partial charge in [0.15, 0.2) is 5.65 Å². The zero-order valence-electron chi connectivity index (χ0n) is 12.6. The number of fused-ring (bicyclic) bond motifs is 1. The van der Waals surface area contributed by atoms with Crippen molar-refractivity contribution < 1.29 is 4.74 Å². The van der Waals surface area contributed by atoms with E-state index in [-0.39, 0.29) is 0 Å². The van der Waals surface area contributed by atoms with Crippen LogP contribution in [0, 0.1) is 6.07 Å². The van der Waals surface area contributed by atoms with E-state index in [1.807, 2.05) is 71.4 Å². The fourth-order valence-corrected chi connectivity index (χ4v) is 2.62. The van der Waals surface area contributed by atoms with Crippen molar-refractivity contribution in [2.45, 2.75) is 0 Å². The van der Waals surface area contributed by atoms with Crippen LogP contribution in [0.5, 0.6) is 5.75 Å². The molecule has 0 spiro atoms. The highest BCUT2D eigenvalue weighted by atomic mass is 16.5. The number of hydrogen-bond donors (Lipinski definition) is 0. The quantitative estimate of drug-likeness (QED) is 0.576. The molecule has 0 saturated carbocycles. The first-order valence-corrected chi connectivity index (χ1v) is 7.31. The van der Waals surface area contributed by atoms with Gasteiger partial charge < -0.3 is 4.74 Å². The Labute approximate surface area is 134 Å². The lowest BCUT2D eigenvalue weighted by atomic mass is 10.1. The van der Waals surface area contributed by atoms with E-state index in [1.165, 1.54) is 0 Å². The monoisotopic (exact) mass is 300 g/mol. The molecule has 4 rings (SSSR count). The van der Waals surface area contributed by atoms with Crippen LogP contribution in [0.3, 0.4) is 0 Å². The predicted molar refractivity (Wildman–Crippen MR) is 89.2 cm³/mol. The number of imidazole rings is 1.